The highest BCUT2D eigenvalue weighted by molar-refractivity contribution is 7.13. The molecular weight excluding hydrogens is 425 g/mol. The Balaban J connectivity index is 1.52. The number of benzene rings is 1. The minimum Gasteiger partial charge on any atom is -0.406 e. The fourth-order valence-electron chi connectivity index (χ4n) is 2.99. The summed E-state index contributed by atoms with van der Waals surface area (Å²) in [6.45, 7) is 1.24. The first-order valence-corrected chi connectivity index (χ1v) is 9.40. The van der Waals surface area contributed by atoms with Crippen LogP contribution in [0, 0.1) is 0 Å². The van der Waals surface area contributed by atoms with E-state index in [-0.39, 0.29) is 18.3 Å². The van der Waals surface area contributed by atoms with E-state index in [0.717, 1.165) is 21.9 Å². The van der Waals surface area contributed by atoms with E-state index in [1.54, 1.807) is 6.07 Å². The quantitative estimate of drug-likeness (QED) is 0.611. The number of amides is 3. The number of carbonyl (C=O) groups excluding carboxylic acids is 2. The van der Waals surface area contributed by atoms with Gasteiger partial charge >= 0.3 is 12.4 Å². The fraction of sp³-hybridized carbons (Fsp3) is 0.222. The SMILES string of the molecule is CC1(c2ccc(OC(F)(F)F)cc2)NC(=O)N(Cc2noc(-c3cccs3)n2)C1=O. The Bertz CT molecular complexity index is 1080. The second-order valence-corrected chi connectivity index (χ2v) is 7.46. The van der Waals surface area contributed by atoms with E-state index < -0.39 is 29.6 Å². The molecule has 8 nitrogen and oxygen atoms in total. The van der Waals surface area contributed by atoms with Crippen LogP contribution in [-0.2, 0) is 16.9 Å². The second kappa shape index (κ2) is 7.13. The van der Waals surface area contributed by atoms with Crippen molar-refractivity contribution in [1.82, 2.24) is 20.4 Å². The smallest absolute Gasteiger partial charge is 0.406 e. The third-order valence-corrected chi connectivity index (χ3v) is 5.30. The molecule has 12 heteroatoms. The monoisotopic (exact) mass is 438 g/mol. The van der Waals surface area contributed by atoms with E-state index >= 15 is 0 Å². The van der Waals surface area contributed by atoms with Crippen LogP contribution in [0.5, 0.6) is 5.75 Å². The minimum atomic E-state index is -4.83. The van der Waals surface area contributed by atoms with Gasteiger partial charge in [0.05, 0.1) is 11.4 Å². The van der Waals surface area contributed by atoms with Gasteiger partial charge in [0.15, 0.2) is 5.82 Å². The number of nitrogens with one attached hydrogen (secondary N) is 1. The van der Waals surface area contributed by atoms with E-state index in [1.165, 1.54) is 30.4 Å². The van der Waals surface area contributed by atoms with Crippen LogP contribution in [0.25, 0.3) is 10.8 Å². The molecule has 1 unspecified atom stereocenters. The summed E-state index contributed by atoms with van der Waals surface area (Å²) in [6, 6.07) is 7.64. The summed E-state index contributed by atoms with van der Waals surface area (Å²) in [6.07, 6.45) is -4.83. The predicted octanol–water partition coefficient (Wildman–Crippen LogP) is 3.66. The number of aromatic nitrogens is 2. The van der Waals surface area contributed by atoms with Crippen molar-refractivity contribution >= 4 is 23.3 Å². The summed E-state index contributed by atoms with van der Waals surface area (Å²) in [5.74, 6) is -0.619. The summed E-state index contributed by atoms with van der Waals surface area (Å²) in [7, 11) is 0. The third-order valence-electron chi connectivity index (χ3n) is 4.44. The lowest BCUT2D eigenvalue weighted by molar-refractivity contribution is -0.274. The number of hydrogen-bond donors (Lipinski definition) is 1. The van der Waals surface area contributed by atoms with Crippen LogP contribution < -0.4 is 10.1 Å². The zero-order chi connectivity index (χ0) is 21.5. The van der Waals surface area contributed by atoms with Crippen LogP contribution in [0.4, 0.5) is 18.0 Å². The van der Waals surface area contributed by atoms with Gasteiger partial charge in [0.1, 0.15) is 11.3 Å². The summed E-state index contributed by atoms with van der Waals surface area (Å²) >= 11 is 1.40. The number of hydrogen-bond acceptors (Lipinski definition) is 7. The Labute approximate surface area is 171 Å². The van der Waals surface area contributed by atoms with Crippen molar-refractivity contribution in [2.24, 2.45) is 0 Å². The van der Waals surface area contributed by atoms with Gasteiger partial charge in [-0.25, -0.2) is 4.79 Å². The number of nitrogens with zero attached hydrogens (tertiary/aromatic N) is 3. The van der Waals surface area contributed by atoms with Gasteiger partial charge < -0.3 is 14.6 Å². The molecule has 1 aliphatic heterocycles. The molecule has 3 aromatic rings. The van der Waals surface area contributed by atoms with E-state index in [2.05, 4.69) is 20.2 Å². The van der Waals surface area contributed by atoms with Crippen molar-refractivity contribution in [1.29, 1.82) is 0 Å². The number of ether oxygens (including phenoxy) is 1. The lowest BCUT2D eigenvalue weighted by Gasteiger charge is -2.22. The van der Waals surface area contributed by atoms with Crippen molar-refractivity contribution < 1.29 is 32.0 Å². The van der Waals surface area contributed by atoms with Crippen LogP contribution >= 0.6 is 11.3 Å². The largest absolute Gasteiger partial charge is 0.573 e. The highest BCUT2D eigenvalue weighted by atomic mass is 32.1. The predicted molar refractivity (Wildman–Crippen MR) is 97.2 cm³/mol. The topological polar surface area (TPSA) is 97.6 Å². The van der Waals surface area contributed by atoms with Gasteiger partial charge in [0.2, 0.25) is 0 Å². The standard InChI is InChI=1S/C18H13F3N4O4S/c1-17(10-4-6-11(7-5-10)28-18(19,20)21)15(26)25(16(27)23-17)9-13-22-14(29-24-13)12-3-2-8-30-12/h2-8H,9H2,1H3,(H,23,27). The highest BCUT2D eigenvalue weighted by Gasteiger charge is 2.49. The van der Waals surface area contributed by atoms with Crippen LogP contribution in [-0.4, -0.2) is 33.3 Å². The van der Waals surface area contributed by atoms with Crippen LogP contribution in [0.3, 0.4) is 0 Å². The number of carbonyl (C=O) groups is 2. The maximum absolute atomic E-state index is 12.9. The van der Waals surface area contributed by atoms with Crippen LogP contribution in [0.15, 0.2) is 46.3 Å². The zero-order valence-electron chi connectivity index (χ0n) is 15.3. The maximum Gasteiger partial charge on any atom is 0.573 e. The Morgan fingerprint density at radius 2 is 1.97 bits per heavy atom. The Morgan fingerprint density at radius 1 is 1.23 bits per heavy atom. The van der Waals surface area contributed by atoms with Gasteiger partial charge in [-0.1, -0.05) is 23.4 Å². The molecule has 2 aromatic heterocycles. The summed E-state index contributed by atoms with van der Waals surface area (Å²) in [5.41, 5.74) is -1.17. The Morgan fingerprint density at radius 3 is 2.60 bits per heavy atom. The second-order valence-electron chi connectivity index (χ2n) is 6.51. The maximum atomic E-state index is 12.9. The van der Waals surface area contributed by atoms with Crippen molar-refractivity contribution in [2.75, 3.05) is 0 Å². The molecule has 3 amide bonds. The van der Waals surface area contributed by atoms with E-state index in [4.69, 9.17) is 4.52 Å². The Hall–Kier alpha value is -3.41. The first kappa shape index (κ1) is 19.9. The number of urea groups is 1. The number of alkyl halides is 3. The first-order valence-electron chi connectivity index (χ1n) is 8.52. The molecule has 1 N–H and O–H groups in total. The molecule has 156 valence electrons. The molecule has 0 aliphatic carbocycles. The Kier molecular flexibility index (Phi) is 4.73. The van der Waals surface area contributed by atoms with Crippen molar-refractivity contribution in [2.45, 2.75) is 25.4 Å². The molecule has 1 aromatic carbocycles. The highest BCUT2D eigenvalue weighted by Crippen LogP contribution is 2.32. The van der Waals surface area contributed by atoms with Crippen LogP contribution in [0.2, 0.25) is 0 Å². The van der Waals surface area contributed by atoms with E-state index in [9.17, 15) is 22.8 Å². The molecule has 0 radical (unpaired) electrons. The molecule has 1 fully saturated rings. The van der Waals surface area contributed by atoms with Gasteiger partial charge in [0, 0.05) is 0 Å². The average molecular weight is 438 g/mol. The van der Waals surface area contributed by atoms with Gasteiger partial charge in [-0.05, 0) is 36.1 Å². The zero-order valence-corrected chi connectivity index (χ0v) is 16.1. The number of thiophene rings is 1. The first-order chi connectivity index (χ1) is 14.2. The van der Waals surface area contributed by atoms with E-state index in [0.29, 0.717) is 5.56 Å². The molecular formula is C18H13F3N4O4S. The number of imide groups is 1. The molecule has 1 saturated heterocycles. The molecule has 1 atom stereocenters. The van der Waals surface area contributed by atoms with Crippen LogP contribution in [0.1, 0.15) is 18.3 Å². The van der Waals surface area contributed by atoms with Crippen molar-refractivity contribution in [3.63, 3.8) is 0 Å². The lowest BCUT2D eigenvalue weighted by atomic mass is 9.92. The lowest BCUT2D eigenvalue weighted by Crippen LogP contribution is -2.40. The third kappa shape index (κ3) is 3.73. The van der Waals surface area contributed by atoms with Gasteiger partial charge in [-0.2, -0.15) is 4.98 Å². The molecule has 30 heavy (non-hydrogen) atoms. The van der Waals surface area contributed by atoms with Gasteiger partial charge in [-0.3, -0.25) is 9.69 Å². The number of halogens is 3. The average Bonchev–Trinajstić information content (AvgIpc) is 3.39. The van der Waals surface area contributed by atoms with Crippen molar-refractivity contribution in [3.05, 3.63) is 53.2 Å². The molecule has 1 aliphatic rings. The molecule has 3 heterocycles. The van der Waals surface area contributed by atoms with Crippen molar-refractivity contribution in [3.8, 4) is 16.5 Å². The normalized spacial score (nSPS) is 19.3. The van der Waals surface area contributed by atoms with Gasteiger partial charge in [0.25, 0.3) is 11.8 Å². The molecule has 0 saturated carbocycles. The minimum absolute atomic E-state index is 0.139. The van der Waals surface area contributed by atoms with Gasteiger partial charge in [-0.15, -0.1) is 24.5 Å². The van der Waals surface area contributed by atoms with E-state index in [1.807, 2.05) is 11.4 Å². The molecule has 0 spiro atoms. The summed E-state index contributed by atoms with van der Waals surface area (Å²) in [5, 5.41) is 8.19. The fourth-order valence-corrected chi connectivity index (χ4v) is 3.63. The molecule has 4 rings (SSSR count). The summed E-state index contributed by atoms with van der Waals surface area (Å²) < 4.78 is 45.9. The summed E-state index contributed by atoms with van der Waals surface area (Å²) in [4.78, 5) is 31.2. The molecule has 0 bridgehead atoms. The number of rotatable bonds is 5.